The summed E-state index contributed by atoms with van der Waals surface area (Å²) in [6.07, 6.45) is 7.34. The molecule has 2 rings (SSSR count). The van der Waals surface area contributed by atoms with Gasteiger partial charge in [-0.15, -0.1) is 0 Å². The predicted octanol–water partition coefficient (Wildman–Crippen LogP) is 2.51. The zero-order valence-corrected chi connectivity index (χ0v) is 12.4. The van der Waals surface area contributed by atoms with Gasteiger partial charge >= 0.3 is 12.0 Å². The van der Waals surface area contributed by atoms with Crippen LogP contribution in [0.5, 0.6) is 0 Å². The third-order valence-electron chi connectivity index (χ3n) is 4.96. The summed E-state index contributed by atoms with van der Waals surface area (Å²) < 4.78 is 0. The van der Waals surface area contributed by atoms with E-state index in [1.807, 2.05) is 0 Å². The Morgan fingerprint density at radius 1 is 1.20 bits per heavy atom. The van der Waals surface area contributed by atoms with Crippen molar-refractivity contribution in [1.82, 2.24) is 10.6 Å². The smallest absolute Gasteiger partial charge is 0.329 e. The summed E-state index contributed by atoms with van der Waals surface area (Å²) in [5, 5.41) is 15.1. The molecule has 0 aromatic heterocycles. The topological polar surface area (TPSA) is 78.4 Å². The Bertz CT molecular complexity index is 381. The summed E-state index contributed by atoms with van der Waals surface area (Å²) in [7, 11) is 0. The number of rotatable bonds is 5. The number of aliphatic carboxylic acids is 1. The van der Waals surface area contributed by atoms with Crippen LogP contribution in [0.2, 0.25) is 0 Å². The van der Waals surface area contributed by atoms with Crippen molar-refractivity contribution in [2.24, 2.45) is 11.8 Å². The first kappa shape index (κ1) is 15.1. The number of carboxylic acid groups (broad SMARTS) is 1. The summed E-state index contributed by atoms with van der Waals surface area (Å²) in [6, 6.07) is -0.141. The molecule has 5 nitrogen and oxygen atoms in total. The van der Waals surface area contributed by atoms with Crippen molar-refractivity contribution < 1.29 is 14.7 Å². The second kappa shape index (κ2) is 6.02. The molecule has 2 fully saturated rings. The van der Waals surface area contributed by atoms with Gasteiger partial charge in [-0.25, -0.2) is 9.59 Å². The highest BCUT2D eigenvalue weighted by Crippen LogP contribution is 2.39. The van der Waals surface area contributed by atoms with E-state index >= 15 is 0 Å². The van der Waals surface area contributed by atoms with Gasteiger partial charge in [-0.2, -0.15) is 0 Å². The summed E-state index contributed by atoms with van der Waals surface area (Å²) >= 11 is 0. The van der Waals surface area contributed by atoms with Crippen LogP contribution in [0.4, 0.5) is 4.79 Å². The van der Waals surface area contributed by atoms with Crippen LogP contribution in [0.1, 0.15) is 58.8 Å². The maximum atomic E-state index is 12.1. The summed E-state index contributed by atoms with van der Waals surface area (Å²) in [6.45, 7) is 3.76. The van der Waals surface area contributed by atoms with Gasteiger partial charge in [0.15, 0.2) is 0 Å². The van der Waals surface area contributed by atoms with E-state index in [9.17, 15) is 14.7 Å². The lowest BCUT2D eigenvalue weighted by atomic mass is 9.83. The molecule has 0 heterocycles. The molecule has 3 N–H and O–H groups in total. The van der Waals surface area contributed by atoms with Crippen LogP contribution in [-0.2, 0) is 4.79 Å². The first-order valence-electron chi connectivity index (χ1n) is 7.79. The standard InChI is InChI=1S/C15H26N2O3/c1-3-10-6-4-5-7-12(10)16-14(20)17-15(2,13(18)19)11-8-9-11/h10-12H,3-9H2,1-2H3,(H,18,19)(H2,16,17,20). The minimum Gasteiger partial charge on any atom is -0.480 e. The Morgan fingerprint density at radius 2 is 1.85 bits per heavy atom. The zero-order valence-electron chi connectivity index (χ0n) is 12.4. The number of carbonyl (C=O) groups is 2. The van der Waals surface area contributed by atoms with Crippen LogP contribution in [-0.4, -0.2) is 28.7 Å². The minimum absolute atomic E-state index is 0.0686. The third kappa shape index (κ3) is 3.25. The molecule has 5 heteroatoms. The quantitative estimate of drug-likeness (QED) is 0.725. The van der Waals surface area contributed by atoms with E-state index in [0.29, 0.717) is 5.92 Å². The largest absolute Gasteiger partial charge is 0.480 e. The molecule has 0 aromatic carbocycles. The van der Waals surface area contributed by atoms with Gasteiger partial charge in [-0.05, 0) is 44.4 Å². The van der Waals surface area contributed by atoms with Crippen molar-refractivity contribution in [3.8, 4) is 0 Å². The van der Waals surface area contributed by atoms with Crippen molar-refractivity contribution in [2.45, 2.75) is 70.4 Å². The zero-order chi connectivity index (χ0) is 14.8. The Hall–Kier alpha value is -1.26. The molecule has 2 aliphatic rings. The molecule has 0 aromatic rings. The molecule has 0 radical (unpaired) electrons. The van der Waals surface area contributed by atoms with E-state index in [1.54, 1.807) is 6.92 Å². The van der Waals surface area contributed by atoms with E-state index < -0.39 is 11.5 Å². The Morgan fingerprint density at radius 3 is 2.40 bits per heavy atom. The van der Waals surface area contributed by atoms with Gasteiger partial charge < -0.3 is 15.7 Å². The van der Waals surface area contributed by atoms with Crippen molar-refractivity contribution in [1.29, 1.82) is 0 Å². The van der Waals surface area contributed by atoms with Crippen LogP contribution in [0.25, 0.3) is 0 Å². The van der Waals surface area contributed by atoms with E-state index in [0.717, 1.165) is 38.5 Å². The number of urea groups is 1. The molecule has 0 bridgehead atoms. The van der Waals surface area contributed by atoms with E-state index in [4.69, 9.17) is 0 Å². The maximum absolute atomic E-state index is 12.1. The second-order valence-corrected chi connectivity index (χ2v) is 6.44. The SMILES string of the molecule is CCC1CCCCC1NC(=O)NC(C)(C(=O)O)C1CC1. The number of nitrogens with one attached hydrogen (secondary N) is 2. The Balaban J connectivity index is 1.92. The fourth-order valence-electron chi connectivity index (χ4n) is 3.32. The van der Waals surface area contributed by atoms with Gasteiger partial charge in [0.05, 0.1) is 0 Å². The van der Waals surface area contributed by atoms with Gasteiger partial charge in [0, 0.05) is 6.04 Å². The second-order valence-electron chi connectivity index (χ2n) is 6.44. The number of carbonyl (C=O) groups excluding carboxylic acids is 1. The normalized spacial score (nSPS) is 29.3. The highest BCUT2D eigenvalue weighted by Gasteiger charge is 2.48. The fraction of sp³-hybridized carbons (Fsp3) is 0.867. The number of hydrogen-bond acceptors (Lipinski definition) is 2. The number of amides is 2. The summed E-state index contributed by atoms with van der Waals surface area (Å²) in [5.41, 5.74) is -1.12. The summed E-state index contributed by atoms with van der Waals surface area (Å²) in [5.74, 6) is -0.351. The van der Waals surface area contributed by atoms with Gasteiger partial charge in [0.1, 0.15) is 5.54 Å². The van der Waals surface area contributed by atoms with E-state index in [2.05, 4.69) is 17.6 Å². The molecule has 114 valence electrons. The van der Waals surface area contributed by atoms with Crippen LogP contribution in [0.3, 0.4) is 0 Å². The highest BCUT2D eigenvalue weighted by atomic mass is 16.4. The van der Waals surface area contributed by atoms with Crippen molar-refractivity contribution >= 4 is 12.0 Å². The maximum Gasteiger partial charge on any atom is 0.329 e. The number of hydrogen-bond donors (Lipinski definition) is 3. The lowest BCUT2D eigenvalue weighted by molar-refractivity contribution is -0.144. The molecule has 2 saturated carbocycles. The lowest BCUT2D eigenvalue weighted by Crippen LogP contribution is -2.58. The van der Waals surface area contributed by atoms with Crippen molar-refractivity contribution in [2.75, 3.05) is 0 Å². The first-order chi connectivity index (χ1) is 9.47. The van der Waals surface area contributed by atoms with Gasteiger partial charge in [-0.3, -0.25) is 0 Å². The fourth-order valence-corrected chi connectivity index (χ4v) is 3.32. The van der Waals surface area contributed by atoms with Gasteiger partial charge in [0.25, 0.3) is 0 Å². The predicted molar refractivity (Wildman–Crippen MR) is 76.5 cm³/mol. The van der Waals surface area contributed by atoms with Gasteiger partial charge in [0.2, 0.25) is 0 Å². The van der Waals surface area contributed by atoms with Crippen molar-refractivity contribution in [3.05, 3.63) is 0 Å². The minimum atomic E-state index is -1.12. The highest BCUT2D eigenvalue weighted by molar-refractivity contribution is 5.86. The molecule has 0 aliphatic heterocycles. The van der Waals surface area contributed by atoms with E-state index in [-0.39, 0.29) is 18.0 Å². The van der Waals surface area contributed by atoms with Crippen LogP contribution >= 0.6 is 0 Å². The van der Waals surface area contributed by atoms with E-state index in [1.165, 1.54) is 6.42 Å². The molecule has 3 unspecified atom stereocenters. The number of carboxylic acids is 1. The van der Waals surface area contributed by atoms with Crippen LogP contribution < -0.4 is 10.6 Å². The van der Waals surface area contributed by atoms with Crippen LogP contribution in [0.15, 0.2) is 0 Å². The molecule has 2 aliphatic carbocycles. The molecule has 0 saturated heterocycles. The lowest BCUT2D eigenvalue weighted by Gasteiger charge is -2.33. The van der Waals surface area contributed by atoms with Crippen LogP contribution in [0, 0.1) is 11.8 Å². The Labute approximate surface area is 120 Å². The third-order valence-corrected chi connectivity index (χ3v) is 4.96. The molecule has 20 heavy (non-hydrogen) atoms. The average Bonchev–Trinajstić information content (AvgIpc) is 3.23. The molecule has 3 atom stereocenters. The molecular weight excluding hydrogens is 256 g/mol. The molecule has 2 amide bonds. The average molecular weight is 282 g/mol. The molecular formula is C15H26N2O3. The Kier molecular flexibility index (Phi) is 4.55. The first-order valence-corrected chi connectivity index (χ1v) is 7.79. The van der Waals surface area contributed by atoms with Crippen molar-refractivity contribution in [3.63, 3.8) is 0 Å². The summed E-state index contributed by atoms with van der Waals surface area (Å²) in [4.78, 5) is 23.5. The molecule has 0 spiro atoms. The monoisotopic (exact) mass is 282 g/mol. The van der Waals surface area contributed by atoms with Gasteiger partial charge in [-0.1, -0.05) is 26.2 Å².